The number of hydrogen-bond donors (Lipinski definition) is 2. The Morgan fingerprint density at radius 1 is 1.14 bits per heavy atom. The Kier molecular flexibility index (Phi) is 9.70. The van der Waals surface area contributed by atoms with Crippen LogP contribution in [-0.2, 0) is 19.1 Å². The summed E-state index contributed by atoms with van der Waals surface area (Å²) < 4.78 is 10.3. The van der Waals surface area contributed by atoms with Crippen molar-refractivity contribution in [3.63, 3.8) is 0 Å². The Morgan fingerprint density at radius 3 is 2.54 bits per heavy atom. The lowest BCUT2D eigenvalue weighted by atomic mass is 10.2. The average molecular weight is 546 g/mol. The number of unbranched alkanes of at least 4 members (excludes halogenated alkanes) is 1. The maximum atomic E-state index is 12.7. The van der Waals surface area contributed by atoms with Crippen LogP contribution in [0.1, 0.15) is 35.7 Å². The number of ether oxygens (including phenoxy) is 2. The van der Waals surface area contributed by atoms with Gasteiger partial charge < -0.3 is 20.5 Å². The van der Waals surface area contributed by atoms with Crippen LogP contribution in [0.25, 0.3) is 6.08 Å². The molecular weight excluding hydrogens is 522 g/mol. The van der Waals surface area contributed by atoms with E-state index in [-0.39, 0.29) is 34.4 Å². The largest absolute Gasteiger partial charge is 0.484 e. The van der Waals surface area contributed by atoms with Crippen molar-refractivity contribution in [3.05, 3.63) is 63.5 Å². The number of carbonyl (C=O) groups excluding carboxylic acids is 5. The first kappa shape index (κ1) is 27.8. The van der Waals surface area contributed by atoms with Gasteiger partial charge in [0, 0.05) is 5.69 Å². The van der Waals surface area contributed by atoms with E-state index < -0.39 is 35.5 Å². The highest BCUT2D eigenvalue weighted by atomic mass is 35.5. The summed E-state index contributed by atoms with van der Waals surface area (Å²) in [5.74, 6) is -2.05. The Bertz CT molecular complexity index is 1250. The predicted molar refractivity (Wildman–Crippen MR) is 139 cm³/mol. The molecule has 4 amide bonds. The standard InChI is InChI=1S/C25H24ClN3O7S/c1-2-3-10-35-24(33)18-12-16(6-9-19(18)26)28-22(31)13-29-23(32)20(37-25(29)34)11-15-4-7-17(8-5-15)36-14-21(27)30/h4-9,11-12H,2-3,10,13-14H2,1H3,(H2,27,30)(H,28,31)/b20-11-. The van der Waals surface area contributed by atoms with Crippen LogP contribution in [0.4, 0.5) is 10.5 Å². The molecule has 0 atom stereocenters. The molecule has 0 spiro atoms. The van der Waals surface area contributed by atoms with Crippen LogP contribution in [-0.4, -0.2) is 53.6 Å². The molecule has 0 bridgehead atoms. The molecule has 10 nitrogen and oxygen atoms in total. The highest BCUT2D eigenvalue weighted by Gasteiger charge is 2.36. The first-order chi connectivity index (χ1) is 17.7. The SMILES string of the molecule is CCCCOC(=O)c1cc(NC(=O)CN2C(=O)S/C(=C\c3ccc(OCC(N)=O)cc3)C2=O)ccc1Cl. The van der Waals surface area contributed by atoms with Crippen molar-refractivity contribution in [2.45, 2.75) is 19.8 Å². The first-order valence-electron chi connectivity index (χ1n) is 11.2. The highest BCUT2D eigenvalue weighted by molar-refractivity contribution is 8.18. The van der Waals surface area contributed by atoms with Crippen LogP contribution in [0.5, 0.6) is 5.75 Å². The number of nitrogens with one attached hydrogen (secondary N) is 1. The summed E-state index contributed by atoms with van der Waals surface area (Å²) in [5, 5.41) is 2.14. The summed E-state index contributed by atoms with van der Waals surface area (Å²) in [5.41, 5.74) is 6.01. The lowest BCUT2D eigenvalue weighted by Crippen LogP contribution is -2.36. The molecule has 2 aromatic carbocycles. The zero-order valence-electron chi connectivity index (χ0n) is 19.8. The average Bonchev–Trinajstić information content (AvgIpc) is 3.12. The van der Waals surface area contributed by atoms with Gasteiger partial charge in [0.1, 0.15) is 12.3 Å². The number of hydrogen-bond acceptors (Lipinski definition) is 8. The molecular formula is C25H24ClN3O7S. The molecule has 1 aliphatic rings. The number of amides is 4. The Balaban J connectivity index is 1.62. The van der Waals surface area contributed by atoms with Crippen LogP contribution >= 0.6 is 23.4 Å². The number of anilines is 1. The third kappa shape index (κ3) is 7.83. The van der Waals surface area contributed by atoms with Crippen LogP contribution in [0, 0.1) is 0 Å². The maximum absolute atomic E-state index is 12.7. The minimum atomic E-state index is -0.632. The van der Waals surface area contributed by atoms with Gasteiger partial charge in [-0.3, -0.25) is 24.1 Å². The molecule has 2 aromatic rings. The number of primary amides is 1. The van der Waals surface area contributed by atoms with Gasteiger partial charge in [-0.2, -0.15) is 0 Å². The molecule has 0 aliphatic carbocycles. The van der Waals surface area contributed by atoms with Gasteiger partial charge in [0.05, 0.1) is 22.1 Å². The van der Waals surface area contributed by atoms with Crippen molar-refractivity contribution in [1.82, 2.24) is 4.90 Å². The van der Waals surface area contributed by atoms with Crippen LogP contribution < -0.4 is 15.8 Å². The lowest BCUT2D eigenvalue weighted by molar-refractivity contribution is -0.127. The van der Waals surface area contributed by atoms with E-state index >= 15 is 0 Å². The van der Waals surface area contributed by atoms with Gasteiger partial charge in [-0.05, 0) is 60.2 Å². The van der Waals surface area contributed by atoms with E-state index in [1.54, 1.807) is 24.3 Å². The van der Waals surface area contributed by atoms with Crippen molar-refractivity contribution in [2.75, 3.05) is 25.1 Å². The maximum Gasteiger partial charge on any atom is 0.339 e. The number of nitrogens with two attached hydrogens (primary N) is 1. The van der Waals surface area contributed by atoms with E-state index in [9.17, 15) is 24.0 Å². The van der Waals surface area contributed by atoms with Crippen LogP contribution in [0.2, 0.25) is 5.02 Å². The Morgan fingerprint density at radius 2 is 1.86 bits per heavy atom. The molecule has 12 heteroatoms. The Hall–Kier alpha value is -3.83. The van der Waals surface area contributed by atoms with Crippen molar-refractivity contribution in [2.24, 2.45) is 5.73 Å². The summed E-state index contributed by atoms with van der Waals surface area (Å²) in [6, 6.07) is 10.8. The third-order valence-corrected chi connectivity index (χ3v) is 6.17. The van der Waals surface area contributed by atoms with E-state index in [2.05, 4.69) is 5.32 Å². The highest BCUT2D eigenvalue weighted by Crippen LogP contribution is 2.32. The summed E-state index contributed by atoms with van der Waals surface area (Å²) in [4.78, 5) is 61.7. The van der Waals surface area contributed by atoms with Crippen molar-refractivity contribution in [1.29, 1.82) is 0 Å². The number of carbonyl (C=O) groups is 5. The molecule has 3 rings (SSSR count). The summed E-state index contributed by atoms with van der Waals surface area (Å²) in [6.07, 6.45) is 3.08. The number of nitrogens with zero attached hydrogens (tertiary/aromatic N) is 1. The van der Waals surface area contributed by atoms with Crippen molar-refractivity contribution < 1.29 is 33.4 Å². The fourth-order valence-electron chi connectivity index (χ4n) is 3.09. The lowest BCUT2D eigenvalue weighted by Gasteiger charge is -2.13. The summed E-state index contributed by atoms with van der Waals surface area (Å²) in [6.45, 7) is 1.44. The van der Waals surface area contributed by atoms with Crippen LogP contribution in [0.15, 0.2) is 47.4 Å². The van der Waals surface area contributed by atoms with Gasteiger partial charge in [0.15, 0.2) is 6.61 Å². The number of benzene rings is 2. The fraction of sp³-hybridized carbons (Fsp3) is 0.240. The van der Waals surface area contributed by atoms with Gasteiger partial charge in [-0.25, -0.2) is 4.79 Å². The minimum Gasteiger partial charge on any atom is -0.484 e. The quantitative estimate of drug-likeness (QED) is 0.246. The second-order valence-corrected chi connectivity index (χ2v) is 9.22. The minimum absolute atomic E-state index is 0.0933. The van der Waals surface area contributed by atoms with Crippen LogP contribution in [0.3, 0.4) is 0 Å². The monoisotopic (exact) mass is 545 g/mol. The molecule has 194 valence electrons. The fourth-order valence-corrected chi connectivity index (χ4v) is 4.13. The van der Waals surface area contributed by atoms with E-state index in [1.165, 1.54) is 24.3 Å². The molecule has 1 saturated heterocycles. The molecule has 0 unspecified atom stereocenters. The normalized spacial score (nSPS) is 14.1. The summed E-state index contributed by atoms with van der Waals surface area (Å²) >= 11 is 6.80. The molecule has 3 N–H and O–H groups in total. The molecule has 37 heavy (non-hydrogen) atoms. The van der Waals surface area contributed by atoms with Gasteiger partial charge in [-0.1, -0.05) is 37.1 Å². The van der Waals surface area contributed by atoms with Gasteiger partial charge in [0.25, 0.3) is 17.1 Å². The number of imide groups is 1. The number of halogens is 1. The van der Waals surface area contributed by atoms with Gasteiger partial charge in [0.2, 0.25) is 5.91 Å². The molecule has 0 radical (unpaired) electrons. The van der Waals surface area contributed by atoms with E-state index in [4.69, 9.17) is 26.8 Å². The zero-order valence-corrected chi connectivity index (χ0v) is 21.4. The second-order valence-electron chi connectivity index (χ2n) is 7.82. The van der Waals surface area contributed by atoms with Crippen molar-refractivity contribution in [3.8, 4) is 5.75 Å². The van der Waals surface area contributed by atoms with E-state index in [0.717, 1.165) is 11.3 Å². The molecule has 1 heterocycles. The smallest absolute Gasteiger partial charge is 0.339 e. The van der Waals surface area contributed by atoms with Crippen molar-refractivity contribution >= 4 is 64.1 Å². The first-order valence-corrected chi connectivity index (χ1v) is 12.4. The molecule has 1 fully saturated rings. The van der Waals surface area contributed by atoms with E-state index in [1.807, 2.05) is 6.92 Å². The second kappa shape index (κ2) is 12.9. The third-order valence-electron chi connectivity index (χ3n) is 4.94. The molecule has 0 saturated carbocycles. The Labute approximate surface area is 222 Å². The zero-order chi connectivity index (χ0) is 26.9. The molecule has 1 aliphatic heterocycles. The van der Waals surface area contributed by atoms with E-state index in [0.29, 0.717) is 29.5 Å². The number of thioether (sulfide) groups is 1. The summed E-state index contributed by atoms with van der Waals surface area (Å²) in [7, 11) is 0. The topological polar surface area (TPSA) is 145 Å². The molecule has 0 aromatic heterocycles. The van der Waals surface area contributed by atoms with Gasteiger partial charge >= 0.3 is 5.97 Å². The van der Waals surface area contributed by atoms with Gasteiger partial charge in [-0.15, -0.1) is 0 Å². The number of esters is 1. The number of rotatable bonds is 11. The predicted octanol–water partition coefficient (Wildman–Crippen LogP) is 3.84.